The first-order valence-corrected chi connectivity index (χ1v) is 7.03. The predicted molar refractivity (Wildman–Crippen MR) is 80.1 cm³/mol. The van der Waals surface area contributed by atoms with E-state index in [1.54, 1.807) is 0 Å². The van der Waals surface area contributed by atoms with Crippen LogP contribution in [0.4, 0.5) is 0 Å². The molecule has 0 aliphatic heterocycles. The third-order valence-corrected chi connectivity index (χ3v) is 4.04. The van der Waals surface area contributed by atoms with Crippen LogP contribution in [0, 0.1) is 12.8 Å². The molecule has 3 heteroatoms. The number of halogens is 1. The van der Waals surface area contributed by atoms with Crippen LogP contribution in [0.15, 0.2) is 18.2 Å². The Morgan fingerprint density at radius 2 is 2.06 bits per heavy atom. The largest absolute Gasteiger partial charge is 0.329 e. The zero-order valence-electron chi connectivity index (χ0n) is 11.9. The van der Waals surface area contributed by atoms with E-state index in [0.29, 0.717) is 12.5 Å². The van der Waals surface area contributed by atoms with Crippen LogP contribution in [0.25, 0.3) is 0 Å². The lowest BCUT2D eigenvalue weighted by molar-refractivity contribution is 0.215. The quantitative estimate of drug-likeness (QED) is 0.854. The minimum Gasteiger partial charge on any atom is -0.329 e. The van der Waals surface area contributed by atoms with E-state index in [4.69, 9.17) is 17.3 Å². The normalized spacial score (nSPS) is 14.8. The van der Waals surface area contributed by atoms with Crippen molar-refractivity contribution in [2.24, 2.45) is 11.7 Å². The molecule has 102 valence electrons. The molecule has 0 aromatic heterocycles. The molecule has 18 heavy (non-hydrogen) atoms. The van der Waals surface area contributed by atoms with E-state index in [-0.39, 0.29) is 6.04 Å². The van der Waals surface area contributed by atoms with E-state index in [2.05, 4.69) is 37.9 Å². The number of likely N-dealkylation sites (N-methyl/N-ethyl adjacent to an activating group) is 1. The zero-order chi connectivity index (χ0) is 13.7. The SMILES string of the molecule is CCC(C)CN(C)C(CN)c1ccc(C)c(Cl)c1. The molecule has 0 saturated heterocycles. The summed E-state index contributed by atoms with van der Waals surface area (Å²) in [5.74, 6) is 0.685. The number of hydrogen-bond donors (Lipinski definition) is 1. The molecule has 0 spiro atoms. The van der Waals surface area contributed by atoms with Crippen molar-refractivity contribution >= 4 is 11.6 Å². The van der Waals surface area contributed by atoms with Gasteiger partial charge >= 0.3 is 0 Å². The van der Waals surface area contributed by atoms with Gasteiger partial charge in [-0.15, -0.1) is 0 Å². The molecule has 0 radical (unpaired) electrons. The lowest BCUT2D eigenvalue weighted by Crippen LogP contribution is -2.33. The van der Waals surface area contributed by atoms with E-state index in [1.807, 2.05) is 13.0 Å². The summed E-state index contributed by atoms with van der Waals surface area (Å²) in [5.41, 5.74) is 8.25. The molecule has 2 unspecified atom stereocenters. The van der Waals surface area contributed by atoms with Crippen molar-refractivity contribution in [1.82, 2.24) is 4.90 Å². The van der Waals surface area contributed by atoms with E-state index in [9.17, 15) is 0 Å². The van der Waals surface area contributed by atoms with E-state index in [1.165, 1.54) is 12.0 Å². The van der Waals surface area contributed by atoms with Gasteiger partial charge in [-0.2, -0.15) is 0 Å². The molecule has 0 heterocycles. The van der Waals surface area contributed by atoms with Crippen molar-refractivity contribution in [3.8, 4) is 0 Å². The van der Waals surface area contributed by atoms with Crippen molar-refractivity contribution < 1.29 is 0 Å². The second-order valence-corrected chi connectivity index (χ2v) is 5.62. The number of hydrogen-bond acceptors (Lipinski definition) is 2. The molecule has 0 aliphatic rings. The molecule has 1 rings (SSSR count). The van der Waals surface area contributed by atoms with Crippen molar-refractivity contribution in [2.75, 3.05) is 20.1 Å². The molecule has 1 aromatic rings. The van der Waals surface area contributed by atoms with Gasteiger partial charge in [-0.05, 0) is 37.1 Å². The van der Waals surface area contributed by atoms with E-state index >= 15 is 0 Å². The van der Waals surface area contributed by atoms with Gasteiger partial charge in [0.15, 0.2) is 0 Å². The first-order valence-electron chi connectivity index (χ1n) is 6.65. The highest BCUT2D eigenvalue weighted by Crippen LogP contribution is 2.25. The smallest absolute Gasteiger partial charge is 0.0468 e. The number of benzene rings is 1. The first-order chi connectivity index (χ1) is 8.49. The fourth-order valence-corrected chi connectivity index (χ4v) is 2.32. The Balaban J connectivity index is 2.84. The van der Waals surface area contributed by atoms with Crippen molar-refractivity contribution in [3.05, 3.63) is 34.3 Å². The minimum atomic E-state index is 0.247. The third-order valence-electron chi connectivity index (χ3n) is 3.63. The summed E-state index contributed by atoms with van der Waals surface area (Å²) < 4.78 is 0. The molecule has 2 nitrogen and oxygen atoms in total. The average Bonchev–Trinajstić information content (AvgIpc) is 2.34. The van der Waals surface area contributed by atoms with Gasteiger partial charge in [-0.25, -0.2) is 0 Å². The maximum Gasteiger partial charge on any atom is 0.0468 e. The summed E-state index contributed by atoms with van der Waals surface area (Å²) in [6.07, 6.45) is 1.19. The Morgan fingerprint density at radius 3 is 2.56 bits per heavy atom. The van der Waals surface area contributed by atoms with Crippen molar-refractivity contribution in [1.29, 1.82) is 0 Å². The van der Waals surface area contributed by atoms with Crippen LogP contribution in [0.3, 0.4) is 0 Å². The summed E-state index contributed by atoms with van der Waals surface area (Å²) in [4.78, 5) is 2.33. The molecule has 0 fully saturated rings. The monoisotopic (exact) mass is 268 g/mol. The molecule has 2 N–H and O–H groups in total. The zero-order valence-corrected chi connectivity index (χ0v) is 12.7. The molecule has 0 bridgehead atoms. The summed E-state index contributed by atoms with van der Waals surface area (Å²) in [6.45, 7) is 8.19. The number of rotatable bonds is 6. The van der Waals surface area contributed by atoms with Crippen LogP contribution in [0.2, 0.25) is 5.02 Å². The fraction of sp³-hybridized carbons (Fsp3) is 0.600. The molecule has 0 aliphatic carbocycles. The summed E-state index contributed by atoms with van der Waals surface area (Å²) in [6, 6.07) is 6.49. The Morgan fingerprint density at radius 1 is 1.39 bits per heavy atom. The number of aryl methyl sites for hydroxylation is 1. The second kappa shape index (κ2) is 7.13. The van der Waals surface area contributed by atoms with Gasteiger partial charge in [0.05, 0.1) is 0 Å². The van der Waals surface area contributed by atoms with E-state index in [0.717, 1.165) is 17.1 Å². The van der Waals surface area contributed by atoms with E-state index < -0.39 is 0 Å². The Hall–Kier alpha value is -0.570. The standard InChI is InChI=1S/C15H25ClN2/c1-5-11(2)10-18(4)15(9-17)13-7-6-12(3)14(16)8-13/h6-8,11,15H,5,9-10,17H2,1-4H3. The molecule has 1 aromatic carbocycles. The second-order valence-electron chi connectivity index (χ2n) is 5.21. The van der Waals surface area contributed by atoms with Gasteiger partial charge in [0, 0.05) is 24.2 Å². The number of nitrogens with two attached hydrogens (primary N) is 1. The molecule has 0 amide bonds. The van der Waals surface area contributed by atoms with Gasteiger partial charge in [-0.1, -0.05) is 44.0 Å². The first kappa shape index (κ1) is 15.5. The Kier molecular flexibility index (Phi) is 6.13. The van der Waals surface area contributed by atoms with Crippen LogP contribution >= 0.6 is 11.6 Å². The maximum atomic E-state index is 6.19. The lowest BCUT2D eigenvalue weighted by Gasteiger charge is -2.29. The topological polar surface area (TPSA) is 29.3 Å². The summed E-state index contributed by atoms with van der Waals surface area (Å²) in [7, 11) is 2.14. The third kappa shape index (κ3) is 3.98. The highest BCUT2D eigenvalue weighted by molar-refractivity contribution is 6.31. The Labute approximate surface area is 116 Å². The summed E-state index contributed by atoms with van der Waals surface area (Å²) >= 11 is 6.19. The van der Waals surface area contributed by atoms with Gasteiger partial charge in [0.1, 0.15) is 0 Å². The molecule has 0 saturated carbocycles. The molecular formula is C15H25ClN2. The van der Waals surface area contributed by atoms with Gasteiger partial charge < -0.3 is 5.73 Å². The predicted octanol–water partition coefficient (Wildman–Crippen LogP) is 3.63. The van der Waals surface area contributed by atoms with Crippen LogP contribution < -0.4 is 5.73 Å². The lowest BCUT2D eigenvalue weighted by atomic mass is 10.0. The van der Waals surface area contributed by atoms with Crippen LogP contribution in [0.5, 0.6) is 0 Å². The molecule has 2 atom stereocenters. The van der Waals surface area contributed by atoms with Crippen molar-refractivity contribution in [3.63, 3.8) is 0 Å². The van der Waals surface area contributed by atoms with Crippen LogP contribution in [0.1, 0.15) is 37.4 Å². The van der Waals surface area contributed by atoms with Crippen LogP contribution in [-0.4, -0.2) is 25.0 Å². The van der Waals surface area contributed by atoms with Crippen molar-refractivity contribution in [2.45, 2.75) is 33.2 Å². The van der Waals surface area contributed by atoms with Gasteiger partial charge in [0.2, 0.25) is 0 Å². The highest BCUT2D eigenvalue weighted by atomic mass is 35.5. The highest BCUT2D eigenvalue weighted by Gasteiger charge is 2.17. The molecular weight excluding hydrogens is 244 g/mol. The number of nitrogens with zero attached hydrogens (tertiary/aromatic N) is 1. The minimum absolute atomic E-state index is 0.247. The maximum absolute atomic E-state index is 6.19. The van der Waals surface area contributed by atoms with Crippen LogP contribution in [-0.2, 0) is 0 Å². The summed E-state index contributed by atoms with van der Waals surface area (Å²) in [5, 5.41) is 0.822. The Bertz CT molecular complexity index is 379. The average molecular weight is 269 g/mol. The fourth-order valence-electron chi connectivity index (χ4n) is 2.13. The van der Waals surface area contributed by atoms with Gasteiger partial charge in [0.25, 0.3) is 0 Å². The van der Waals surface area contributed by atoms with Gasteiger partial charge in [-0.3, -0.25) is 4.90 Å².